The second kappa shape index (κ2) is 5.80. The monoisotopic (exact) mass is 259 g/mol. The summed E-state index contributed by atoms with van der Waals surface area (Å²) in [4.78, 5) is 2.25. The number of amidine groups is 1. The molecule has 94 valence electrons. The van der Waals surface area contributed by atoms with Gasteiger partial charge >= 0.3 is 0 Å². The summed E-state index contributed by atoms with van der Waals surface area (Å²) >= 11 is 1.72. The largest absolute Gasteiger partial charge is 0.384 e. The van der Waals surface area contributed by atoms with E-state index in [0.29, 0.717) is 0 Å². The van der Waals surface area contributed by atoms with Gasteiger partial charge in [-0.05, 0) is 41.1 Å². The maximum Gasteiger partial charge on any atom is 0.122 e. The molecule has 1 aromatic carbocycles. The highest BCUT2D eigenvalue weighted by atomic mass is 32.1. The minimum atomic E-state index is 0.123. The SMILES string of the molecule is CN(Cc1ccsc1)Cc1cccc(C(=N)N)c1. The number of hydrogen-bond donors (Lipinski definition) is 2. The van der Waals surface area contributed by atoms with Gasteiger partial charge < -0.3 is 5.73 Å². The van der Waals surface area contributed by atoms with Crippen LogP contribution in [0.2, 0.25) is 0 Å². The van der Waals surface area contributed by atoms with Crippen LogP contribution in [-0.4, -0.2) is 17.8 Å². The van der Waals surface area contributed by atoms with Crippen molar-refractivity contribution in [2.24, 2.45) is 5.73 Å². The standard InChI is InChI=1S/C14H17N3S/c1-17(9-12-5-6-18-10-12)8-11-3-2-4-13(7-11)14(15)16/h2-7,10H,8-9H2,1H3,(H3,15,16). The molecule has 0 aliphatic carbocycles. The number of nitrogens with one attached hydrogen (secondary N) is 1. The topological polar surface area (TPSA) is 53.1 Å². The Morgan fingerprint density at radius 1 is 1.28 bits per heavy atom. The summed E-state index contributed by atoms with van der Waals surface area (Å²) in [5, 5.41) is 11.7. The summed E-state index contributed by atoms with van der Waals surface area (Å²) in [5.74, 6) is 0.123. The van der Waals surface area contributed by atoms with Crippen molar-refractivity contribution in [1.82, 2.24) is 4.90 Å². The van der Waals surface area contributed by atoms with Gasteiger partial charge in [0.05, 0.1) is 0 Å². The molecule has 0 fully saturated rings. The van der Waals surface area contributed by atoms with E-state index in [1.807, 2.05) is 18.2 Å². The predicted molar refractivity (Wildman–Crippen MR) is 76.9 cm³/mol. The van der Waals surface area contributed by atoms with Crippen molar-refractivity contribution in [3.8, 4) is 0 Å². The average Bonchev–Trinajstić information content (AvgIpc) is 2.82. The van der Waals surface area contributed by atoms with Gasteiger partial charge in [-0.2, -0.15) is 11.3 Å². The van der Waals surface area contributed by atoms with Crippen LogP contribution in [0.3, 0.4) is 0 Å². The number of hydrogen-bond acceptors (Lipinski definition) is 3. The van der Waals surface area contributed by atoms with Crippen LogP contribution in [0.5, 0.6) is 0 Å². The van der Waals surface area contributed by atoms with Crippen LogP contribution in [-0.2, 0) is 13.1 Å². The summed E-state index contributed by atoms with van der Waals surface area (Å²) < 4.78 is 0. The zero-order chi connectivity index (χ0) is 13.0. The van der Waals surface area contributed by atoms with Gasteiger partial charge in [0.1, 0.15) is 5.84 Å². The van der Waals surface area contributed by atoms with E-state index in [9.17, 15) is 0 Å². The molecular formula is C14H17N3S. The van der Waals surface area contributed by atoms with Gasteiger partial charge in [0.2, 0.25) is 0 Å². The van der Waals surface area contributed by atoms with Gasteiger partial charge in [-0.1, -0.05) is 18.2 Å². The number of nitrogens with zero attached hydrogens (tertiary/aromatic N) is 1. The number of nitrogens with two attached hydrogens (primary N) is 1. The fourth-order valence-electron chi connectivity index (χ4n) is 1.90. The van der Waals surface area contributed by atoms with Crippen molar-refractivity contribution in [3.05, 3.63) is 57.8 Å². The molecule has 18 heavy (non-hydrogen) atoms. The molecule has 2 rings (SSSR count). The van der Waals surface area contributed by atoms with Gasteiger partial charge in [-0.3, -0.25) is 10.3 Å². The highest BCUT2D eigenvalue weighted by Gasteiger charge is 2.04. The van der Waals surface area contributed by atoms with Gasteiger partial charge in [0.25, 0.3) is 0 Å². The first-order valence-corrected chi connectivity index (χ1v) is 6.72. The minimum absolute atomic E-state index is 0.123. The van der Waals surface area contributed by atoms with Gasteiger partial charge in [0, 0.05) is 18.7 Å². The molecule has 2 aromatic rings. The Morgan fingerprint density at radius 3 is 2.72 bits per heavy atom. The van der Waals surface area contributed by atoms with Crippen LogP contribution in [0.4, 0.5) is 0 Å². The second-order valence-electron chi connectivity index (χ2n) is 4.42. The van der Waals surface area contributed by atoms with Crippen LogP contribution in [0.25, 0.3) is 0 Å². The molecule has 0 spiro atoms. The average molecular weight is 259 g/mol. The van der Waals surface area contributed by atoms with E-state index in [2.05, 4.69) is 34.8 Å². The van der Waals surface area contributed by atoms with Crippen LogP contribution in [0.15, 0.2) is 41.1 Å². The van der Waals surface area contributed by atoms with Gasteiger partial charge in [0.15, 0.2) is 0 Å². The fourth-order valence-corrected chi connectivity index (χ4v) is 2.56. The molecule has 0 bridgehead atoms. The molecule has 1 aromatic heterocycles. The first-order chi connectivity index (χ1) is 8.65. The van der Waals surface area contributed by atoms with Crippen molar-refractivity contribution in [3.63, 3.8) is 0 Å². The van der Waals surface area contributed by atoms with Crippen molar-refractivity contribution >= 4 is 17.2 Å². The van der Waals surface area contributed by atoms with E-state index in [1.165, 1.54) is 11.1 Å². The molecule has 0 aliphatic rings. The molecule has 1 heterocycles. The Hall–Kier alpha value is -1.65. The summed E-state index contributed by atoms with van der Waals surface area (Å²) in [6.45, 7) is 1.80. The summed E-state index contributed by atoms with van der Waals surface area (Å²) in [5.41, 5.74) is 8.80. The van der Waals surface area contributed by atoms with Gasteiger partial charge in [-0.25, -0.2) is 0 Å². The lowest BCUT2D eigenvalue weighted by atomic mass is 10.1. The first-order valence-electron chi connectivity index (χ1n) is 5.78. The van der Waals surface area contributed by atoms with Crippen LogP contribution in [0.1, 0.15) is 16.7 Å². The zero-order valence-corrected chi connectivity index (χ0v) is 11.2. The van der Waals surface area contributed by atoms with E-state index < -0.39 is 0 Å². The molecule has 0 atom stereocenters. The number of nitrogen functional groups attached to an aromatic ring is 1. The smallest absolute Gasteiger partial charge is 0.122 e. The Bertz CT molecular complexity index is 520. The van der Waals surface area contributed by atoms with Crippen LogP contribution in [0, 0.1) is 5.41 Å². The van der Waals surface area contributed by atoms with E-state index in [0.717, 1.165) is 18.7 Å². The lowest BCUT2D eigenvalue weighted by Gasteiger charge is -2.16. The van der Waals surface area contributed by atoms with E-state index >= 15 is 0 Å². The number of benzene rings is 1. The van der Waals surface area contributed by atoms with E-state index in [4.69, 9.17) is 11.1 Å². The quantitative estimate of drug-likeness (QED) is 0.640. The number of thiophene rings is 1. The van der Waals surface area contributed by atoms with E-state index in [1.54, 1.807) is 11.3 Å². The molecule has 0 amide bonds. The molecule has 0 unspecified atom stereocenters. The Labute approximate surface area is 111 Å². The second-order valence-corrected chi connectivity index (χ2v) is 5.20. The molecule has 3 nitrogen and oxygen atoms in total. The minimum Gasteiger partial charge on any atom is -0.384 e. The van der Waals surface area contributed by atoms with Crippen LogP contribution < -0.4 is 5.73 Å². The van der Waals surface area contributed by atoms with E-state index in [-0.39, 0.29) is 5.84 Å². The molecule has 3 N–H and O–H groups in total. The highest BCUT2D eigenvalue weighted by Crippen LogP contribution is 2.12. The predicted octanol–water partition coefficient (Wildman–Crippen LogP) is 2.66. The van der Waals surface area contributed by atoms with Crippen molar-refractivity contribution in [1.29, 1.82) is 5.41 Å². The lowest BCUT2D eigenvalue weighted by Crippen LogP contribution is -2.17. The van der Waals surface area contributed by atoms with Crippen molar-refractivity contribution < 1.29 is 0 Å². The molecule has 0 aliphatic heterocycles. The molecular weight excluding hydrogens is 242 g/mol. The first kappa shape index (κ1) is 12.8. The third-order valence-electron chi connectivity index (χ3n) is 2.72. The zero-order valence-electron chi connectivity index (χ0n) is 10.4. The normalized spacial score (nSPS) is 10.8. The number of rotatable bonds is 5. The Balaban J connectivity index is 2.00. The van der Waals surface area contributed by atoms with Gasteiger partial charge in [-0.15, -0.1) is 0 Å². The molecule has 0 saturated heterocycles. The van der Waals surface area contributed by atoms with Crippen molar-refractivity contribution in [2.75, 3.05) is 7.05 Å². The maximum absolute atomic E-state index is 7.44. The molecule has 4 heteroatoms. The highest BCUT2D eigenvalue weighted by molar-refractivity contribution is 7.07. The summed E-state index contributed by atoms with van der Waals surface area (Å²) in [7, 11) is 2.10. The lowest BCUT2D eigenvalue weighted by molar-refractivity contribution is 0.319. The third kappa shape index (κ3) is 3.42. The maximum atomic E-state index is 7.44. The molecule has 0 saturated carbocycles. The Morgan fingerprint density at radius 2 is 2.06 bits per heavy atom. The van der Waals surface area contributed by atoms with Crippen LogP contribution >= 0.6 is 11.3 Å². The fraction of sp³-hybridized carbons (Fsp3) is 0.214. The molecule has 0 radical (unpaired) electrons. The summed E-state index contributed by atoms with van der Waals surface area (Å²) in [6, 6.07) is 10.0. The van der Waals surface area contributed by atoms with Crippen molar-refractivity contribution in [2.45, 2.75) is 13.1 Å². The Kier molecular flexibility index (Phi) is 4.12. The third-order valence-corrected chi connectivity index (χ3v) is 3.46. The summed E-state index contributed by atoms with van der Waals surface area (Å²) in [6.07, 6.45) is 0.